The second-order valence-electron chi connectivity index (χ2n) is 5.28. The van der Waals surface area contributed by atoms with Gasteiger partial charge in [0, 0.05) is 7.11 Å². The number of halogens is 2. The van der Waals surface area contributed by atoms with E-state index in [9.17, 15) is 9.18 Å². The summed E-state index contributed by atoms with van der Waals surface area (Å²) in [5.41, 5.74) is 6.59. The minimum atomic E-state index is -0.783. The number of hydrogen-bond donors (Lipinski definition) is 2. The Hall–Kier alpha value is -2.15. The number of nitrogens with two attached hydrogens (primary N) is 1. The fraction of sp³-hybridized carbons (Fsp3) is 0.278. The van der Waals surface area contributed by atoms with Crippen molar-refractivity contribution >= 4 is 18.3 Å². The fourth-order valence-electron chi connectivity index (χ4n) is 2.18. The van der Waals surface area contributed by atoms with E-state index in [1.54, 1.807) is 12.1 Å². The van der Waals surface area contributed by atoms with Crippen LogP contribution < -0.4 is 15.8 Å². The van der Waals surface area contributed by atoms with Gasteiger partial charge >= 0.3 is 0 Å². The maximum absolute atomic E-state index is 13.7. The van der Waals surface area contributed by atoms with Crippen LogP contribution in [0.3, 0.4) is 0 Å². The van der Waals surface area contributed by atoms with Gasteiger partial charge in [0.05, 0.1) is 12.6 Å². The van der Waals surface area contributed by atoms with Gasteiger partial charge in [0.2, 0.25) is 5.91 Å². The molecule has 1 amide bonds. The summed E-state index contributed by atoms with van der Waals surface area (Å²) in [4.78, 5) is 12.1. The highest BCUT2D eigenvalue weighted by Gasteiger charge is 2.20. The van der Waals surface area contributed by atoms with Crippen molar-refractivity contribution in [2.24, 2.45) is 5.73 Å². The third-order valence-corrected chi connectivity index (χ3v) is 3.44. The first-order valence-electron chi connectivity index (χ1n) is 7.59. The zero-order chi connectivity index (χ0) is 17.4. The highest BCUT2D eigenvalue weighted by molar-refractivity contribution is 5.85. The van der Waals surface area contributed by atoms with Gasteiger partial charge in [-0.15, -0.1) is 12.4 Å². The molecule has 0 heterocycles. The maximum atomic E-state index is 13.7. The second kappa shape index (κ2) is 10.7. The molecule has 3 N–H and O–H groups in total. The van der Waals surface area contributed by atoms with Crippen LogP contribution in [-0.2, 0) is 9.53 Å². The second-order valence-corrected chi connectivity index (χ2v) is 5.28. The van der Waals surface area contributed by atoms with Gasteiger partial charge in [-0.2, -0.15) is 0 Å². The average Bonchev–Trinajstić information content (AvgIpc) is 2.60. The van der Waals surface area contributed by atoms with Crippen molar-refractivity contribution in [2.75, 3.05) is 20.3 Å². The monoisotopic (exact) mass is 368 g/mol. The summed E-state index contributed by atoms with van der Waals surface area (Å²) in [6.45, 7) is 0.192. The van der Waals surface area contributed by atoms with Crippen molar-refractivity contribution in [1.82, 2.24) is 5.32 Å². The molecule has 0 aliphatic heterocycles. The molecule has 0 radical (unpaired) electrons. The van der Waals surface area contributed by atoms with E-state index in [2.05, 4.69) is 5.32 Å². The number of methoxy groups -OCH3 is 1. The van der Waals surface area contributed by atoms with E-state index in [1.165, 1.54) is 19.2 Å². The van der Waals surface area contributed by atoms with E-state index in [0.29, 0.717) is 0 Å². The van der Waals surface area contributed by atoms with E-state index in [0.717, 1.165) is 5.56 Å². The van der Waals surface area contributed by atoms with Crippen LogP contribution in [0.15, 0.2) is 54.6 Å². The number of amides is 1. The number of nitrogens with one attached hydrogen (secondary N) is 1. The predicted octanol–water partition coefficient (Wildman–Crippen LogP) is 2.46. The standard InChI is InChI=1S/C18H21FN2O3.ClH/c1-23-11-15(20)18(22)21-16(13-7-3-2-4-8-13)12-24-17-10-6-5-9-14(17)19;/h2-10,15-16H,11-12,20H2,1H3,(H,21,22);1H. The molecule has 2 aromatic rings. The molecule has 2 aromatic carbocycles. The lowest BCUT2D eigenvalue weighted by Gasteiger charge is -2.22. The van der Waals surface area contributed by atoms with Gasteiger partial charge in [-0.3, -0.25) is 4.79 Å². The third-order valence-electron chi connectivity index (χ3n) is 3.44. The van der Waals surface area contributed by atoms with Gasteiger partial charge in [0.15, 0.2) is 11.6 Å². The first-order chi connectivity index (χ1) is 11.6. The number of carbonyl (C=O) groups is 1. The Morgan fingerprint density at radius 2 is 1.76 bits per heavy atom. The molecule has 0 aliphatic carbocycles. The highest BCUT2D eigenvalue weighted by atomic mass is 35.5. The number of hydrogen-bond acceptors (Lipinski definition) is 4. The molecule has 0 spiro atoms. The molecule has 0 aliphatic rings. The highest BCUT2D eigenvalue weighted by Crippen LogP contribution is 2.19. The Labute approximate surface area is 152 Å². The summed E-state index contributed by atoms with van der Waals surface area (Å²) in [7, 11) is 1.48. The zero-order valence-electron chi connectivity index (χ0n) is 13.9. The van der Waals surface area contributed by atoms with Crippen LogP contribution >= 0.6 is 12.4 Å². The summed E-state index contributed by atoms with van der Waals surface area (Å²) in [5.74, 6) is -0.677. The fourth-order valence-corrected chi connectivity index (χ4v) is 2.18. The van der Waals surface area contributed by atoms with Crippen molar-refractivity contribution in [3.63, 3.8) is 0 Å². The Kier molecular flexibility index (Phi) is 8.91. The largest absolute Gasteiger partial charge is 0.488 e. The predicted molar refractivity (Wildman–Crippen MR) is 96.3 cm³/mol. The summed E-state index contributed by atoms with van der Waals surface area (Å²) in [5, 5.41) is 2.82. The summed E-state index contributed by atoms with van der Waals surface area (Å²) in [6, 6.07) is 14.2. The summed E-state index contributed by atoms with van der Waals surface area (Å²) >= 11 is 0. The van der Waals surface area contributed by atoms with Gasteiger partial charge in [-0.25, -0.2) is 4.39 Å². The SMILES string of the molecule is COCC(N)C(=O)NC(COc1ccccc1F)c1ccccc1.Cl. The molecule has 2 rings (SSSR count). The normalized spacial score (nSPS) is 12.6. The molecule has 25 heavy (non-hydrogen) atoms. The van der Waals surface area contributed by atoms with Gasteiger partial charge in [-0.05, 0) is 17.7 Å². The quantitative estimate of drug-likeness (QED) is 0.750. The molecule has 5 nitrogen and oxygen atoms in total. The first-order valence-corrected chi connectivity index (χ1v) is 7.59. The Morgan fingerprint density at radius 3 is 2.40 bits per heavy atom. The van der Waals surface area contributed by atoms with Crippen molar-refractivity contribution < 1.29 is 18.7 Å². The van der Waals surface area contributed by atoms with Gasteiger partial charge < -0.3 is 20.5 Å². The van der Waals surface area contributed by atoms with E-state index >= 15 is 0 Å². The smallest absolute Gasteiger partial charge is 0.239 e. The lowest BCUT2D eigenvalue weighted by Crippen LogP contribution is -2.45. The van der Waals surface area contributed by atoms with Crippen LogP contribution in [0.1, 0.15) is 11.6 Å². The van der Waals surface area contributed by atoms with E-state index < -0.39 is 17.9 Å². The summed E-state index contributed by atoms with van der Waals surface area (Å²) < 4.78 is 24.1. The van der Waals surface area contributed by atoms with E-state index in [1.807, 2.05) is 30.3 Å². The lowest BCUT2D eigenvalue weighted by molar-refractivity contribution is -0.124. The first kappa shape index (κ1) is 20.9. The lowest BCUT2D eigenvalue weighted by atomic mass is 10.1. The van der Waals surface area contributed by atoms with Crippen LogP contribution in [0.4, 0.5) is 4.39 Å². The van der Waals surface area contributed by atoms with Crippen molar-refractivity contribution in [1.29, 1.82) is 0 Å². The van der Waals surface area contributed by atoms with Crippen molar-refractivity contribution in [3.8, 4) is 5.75 Å². The van der Waals surface area contributed by atoms with E-state index in [-0.39, 0.29) is 37.3 Å². The molecule has 0 saturated carbocycles. The van der Waals surface area contributed by atoms with Crippen LogP contribution in [0.25, 0.3) is 0 Å². The van der Waals surface area contributed by atoms with Gasteiger partial charge in [-0.1, -0.05) is 42.5 Å². The van der Waals surface area contributed by atoms with Gasteiger partial charge in [0.25, 0.3) is 0 Å². The number of carbonyl (C=O) groups excluding carboxylic acids is 1. The molecule has 0 fully saturated rings. The number of rotatable bonds is 8. The molecule has 2 unspecified atom stereocenters. The van der Waals surface area contributed by atoms with Gasteiger partial charge in [0.1, 0.15) is 12.6 Å². The molecule has 136 valence electrons. The summed E-state index contributed by atoms with van der Waals surface area (Å²) in [6.07, 6.45) is 0. The maximum Gasteiger partial charge on any atom is 0.239 e. The van der Waals surface area contributed by atoms with Crippen LogP contribution in [0.5, 0.6) is 5.75 Å². The topological polar surface area (TPSA) is 73.6 Å². The Bertz CT molecular complexity index is 658. The minimum Gasteiger partial charge on any atom is -0.488 e. The molecule has 2 atom stereocenters. The average molecular weight is 369 g/mol. The molecular formula is C18H22ClFN2O3. The third kappa shape index (κ3) is 6.34. The molecule has 0 saturated heterocycles. The Morgan fingerprint density at radius 1 is 1.12 bits per heavy atom. The number of benzene rings is 2. The minimum absolute atomic E-state index is 0. The van der Waals surface area contributed by atoms with Crippen molar-refractivity contribution in [3.05, 3.63) is 66.0 Å². The van der Waals surface area contributed by atoms with Crippen LogP contribution in [0.2, 0.25) is 0 Å². The van der Waals surface area contributed by atoms with Crippen molar-refractivity contribution in [2.45, 2.75) is 12.1 Å². The molecule has 0 aromatic heterocycles. The van der Waals surface area contributed by atoms with Crippen LogP contribution in [-0.4, -0.2) is 32.3 Å². The number of ether oxygens (including phenoxy) is 2. The zero-order valence-corrected chi connectivity index (χ0v) is 14.7. The Balaban J connectivity index is 0.00000312. The van der Waals surface area contributed by atoms with Crippen LogP contribution in [0, 0.1) is 5.82 Å². The van der Waals surface area contributed by atoms with E-state index in [4.69, 9.17) is 15.2 Å². The number of para-hydroxylation sites is 1. The molecular weight excluding hydrogens is 347 g/mol. The molecule has 0 bridgehead atoms. The molecule has 7 heteroatoms.